The molecule has 2 aromatic rings. The summed E-state index contributed by atoms with van der Waals surface area (Å²) in [6.45, 7) is 4.12. The molecule has 0 saturated carbocycles. The number of halogens is 2. The highest BCUT2D eigenvalue weighted by Crippen LogP contribution is 2.30. The molecule has 0 atom stereocenters. The van der Waals surface area contributed by atoms with E-state index in [0.29, 0.717) is 31.5 Å². The summed E-state index contributed by atoms with van der Waals surface area (Å²) < 4.78 is 6.85. The lowest BCUT2D eigenvalue weighted by atomic mass is 9.99. The summed E-state index contributed by atoms with van der Waals surface area (Å²) in [5.41, 5.74) is 1.44. The molecule has 3 rings (SSSR count). The minimum absolute atomic E-state index is 0.0548. The fourth-order valence-corrected chi connectivity index (χ4v) is 4.83. The van der Waals surface area contributed by atoms with Gasteiger partial charge in [-0.05, 0) is 101 Å². The van der Waals surface area contributed by atoms with E-state index in [-0.39, 0.29) is 11.7 Å². The summed E-state index contributed by atoms with van der Waals surface area (Å²) in [6.07, 6.45) is 2.76. The standard InChI is InChI=1S/C22H21I2NO5/c1-22(2,21(28)29)30-16-5-3-13(4-6-16)14-7-9-25(10-8-14)20(27)15-11-17(23)19(26)18(24)12-15/h3-7,11-12,26H,8-10H2,1-2H3,(H,28,29). The number of carbonyl (C=O) groups excluding carboxylic acids is 1. The number of nitrogens with zero attached hydrogens (tertiary/aromatic N) is 1. The molecule has 0 spiro atoms. The number of carboxylic acids is 1. The number of hydrogen-bond donors (Lipinski definition) is 2. The van der Waals surface area contributed by atoms with E-state index >= 15 is 0 Å². The minimum Gasteiger partial charge on any atom is -0.506 e. The molecule has 0 aromatic heterocycles. The Balaban J connectivity index is 1.69. The molecule has 0 aliphatic carbocycles. The number of carbonyl (C=O) groups is 2. The molecule has 6 nitrogen and oxygen atoms in total. The monoisotopic (exact) mass is 633 g/mol. The van der Waals surface area contributed by atoms with Crippen molar-refractivity contribution >= 4 is 62.6 Å². The molecule has 0 bridgehead atoms. The van der Waals surface area contributed by atoms with Crippen LogP contribution in [-0.2, 0) is 4.79 Å². The van der Waals surface area contributed by atoms with Crippen LogP contribution in [0.25, 0.3) is 5.57 Å². The lowest BCUT2D eigenvalue weighted by Gasteiger charge is -2.27. The van der Waals surface area contributed by atoms with Crippen LogP contribution in [0.4, 0.5) is 0 Å². The van der Waals surface area contributed by atoms with E-state index in [2.05, 4.69) is 0 Å². The zero-order valence-electron chi connectivity index (χ0n) is 16.5. The number of ether oxygens (including phenoxy) is 1. The van der Waals surface area contributed by atoms with Crippen LogP contribution in [0.1, 0.15) is 36.2 Å². The van der Waals surface area contributed by atoms with E-state index in [1.807, 2.05) is 63.4 Å². The molecule has 2 N–H and O–H groups in total. The molecule has 2 aromatic carbocycles. The normalized spacial score (nSPS) is 14.3. The highest BCUT2D eigenvalue weighted by Gasteiger charge is 2.29. The van der Waals surface area contributed by atoms with Gasteiger partial charge >= 0.3 is 5.97 Å². The third kappa shape index (κ3) is 5.08. The Hall–Kier alpha value is -1.82. The number of rotatable bonds is 5. The number of carboxylic acid groups (broad SMARTS) is 1. The molecule has 30 heavy (non-hydrogen) atoms. The van der Waals surface area contributed by atoms with E-state index in [1.165, 1.54) is 13.8 Å². The highest BCUT2D eigenvalue weighted by atomic mass is 127. The first kappa shape index (κ1) is 22.9. The number of amides is 1. The number of phenols is 1. The van der Waals surface area contributed by atoms with Gasteiger partial charge in [0, 0.05) is 18.7 Å². The van der Waals surface area contributed by atoms with Crippen molar-refractivity contribution < 1.29 is 24.5 Å². The van der Waals surface area contributed by atoms with Gasteiger partial charge in [-0.1, -0.05) is 18.2 Å². The molecule has 0 saturated heterocycles. The van der Waals surface area contributed by atoms with Gasteiger partial charge in [0.2, 0.25) is 0 Å². The molecule has 1 heterocycles. The second-order valence-electron chi connectivity index (χ2n) is 7.46. The Morgan fingerprint density at radius 3 is 2.20 bits per heavy atom. The summed E-state index contributed by atoms with van der Waals surface area (Å²) in [6, 6.07) is 10.7. The molecule has 8 heteroatoms. The Bertz CT molecular complexity index is 992. The van der Waals surface area contributed by atoms with Gasteiger partial charge in [-0.15, -0.1) is 0 Å². The molecule has 0 fully saturated rings. The predicted molar refractivity (Wildman–Crippen MR) is 131 cm³/mol. The van der Waals surface area contributed by atoms with Crippen molar-refractivity contribution in [1.82, 2.24) is 4.90 Å². The van der Waals surface area contributed by atoms with E-state index < -0.39 is 11.6 Å². The van der Waals surface area contributed by atoms with Crippen LogP contribution in [0.3, 0.4) is 0 Å². The van der Waals surface area contributed by atoms with Crippen molar-refractivity contribution in [3.63, 3.8) is 0 Å². The van der Waals surface area contributed by atoms with Gasteiger partial charge in [0.1, 0.15) is 11.5 Å². The number of benzene rings is 2. The van der Waals surface area contributed by atoms with Gasteiger partial charge in [0.15, 0.2) is 5.60 Å². The quantitative estimate of drug-likeness (QED) is 0.464. The third-order valence-electron chi connectivity index (χ3n) is 4.87. The van der Waals surface area contributed by atoms with Crippen LogP contribution >= 0.6 is 45.2 Å². The molecule has 0 radical (unpaired) electrons. The summed E-state index contributed by atoms with van der Waals surface area (Å²) in [4.78, 5) is 25.8. The maximum Gasteiger partial charge on any atom is 0.347 e. The first-order chi connectivity index (χ1) is 14.1. The molecule has 1 aliphatic rings. The van der Waals surface area contributed by atoms with Gasteiger partial charge in [-0.2, -0.15) is 0 Å². The van der Waals surface area contributed by atoms with E-state index in [4.69, 9.17) is 4.74 Å². The van der Waals surface area contributed by atoms with Crippen LogP contribution < -0.4 is 4.74 Å². The summed E-state index contributed by atoms with van der Waals surface area (Å²) in [5, 5.41) is 19.1. The predicted octanol–water partition coefficient (Wildman–Crippen LogP) is 4.77. The third-order valence-corrected chi connectivity index (χ3v) is 6.52. The van der Waals surface area contributed by atoms with Crippen LogP contribution in [0.15, 0.2) is 42.5 Å². The molecular formula is C22H21I2NO5. The highest BCUT2D eigenvalue weighted by molar-refractivity contribution is 14.1. The molecule has 158 valence electrons. The van der Waals surface area contributed by atoms with E-state index in [1.54, 1.807) is 29.2 Å². The SMILES string of the molecule is CC(C)(Oc1ccc(C2=CCN(C(=O)c3cc(I)c(O)c(I)c3)CC2)cc1)C(=O)O. The van der Waals surface area contributed by atoms with Crippen LogP contribution in [0.5, 0.6) is 11.5 Å². The first-order valence-corrected chi connectivity index (χ1v) is 11.4. The van der Waals surface area contributed by atoms with Gasteiger partial charge in [-0.3, -0.25) is 4.79 Å². The van der Waals surface area contributed by atoms with Gasteiger partial charge < -0.3 is 19.8 Å². The summed E-state index contributed by atoms with van der Waals surface area (Å²) in [5.74, 6) is -0.381. The maximum atomic E-state index is 12.8. The van der Waals surface area contributed by atoms with Crippen LogP contribution in [0.2, 0.25) is 0 Å². The van der Waals surface area contributed by atoms with Crippen molar-refractivity contribution in [3.05, 3.63) is 60.7 Å². The average molecular weight is 633 g/mol. The fourth-order valence-electron chi connectivity index (χ4n) is 3.06. The first-order valence-electron chi connectivity index (χ1n) is 9.27. The van der Waals surface area contributed by atoms with E-state index in [9.17, 15) is 19.8 Å². The van der Waals surface area contributed by atoms with Crippen molar-refractivity contribution in [2.24, 2.45) is 0 Å². The smallest absolute Gasteiger partial charge is 0.347 e. The Morgan fingerprint density at radius 2 is 1.70 bits per heavy atom. The maximum absolute atomic E-state index is 12.8. The lowest BCUT2D eigenvalue weighted by Crippen LogP contribution is -2.37. The molecular weight excluding hydrogens is 612 g/mol. The molecule has 1 amide bonds. The zero-order chi connectivity index (χ0) is 22.1. The number of hydrogen-bond acceptors (Lipinski definition) is 4. The molecule has 0 unspecified atom stereocenters. The number of phenolic OH excluding ortho intramolecular Hbond substituents is 1. The average Bonchev–Trinajstić information content (AvgIpc) is 2.71. The number of aromatic hydroxyl groups is 1. The zero-order valence-corrected chi connectivity index (χ0v) is 20.8. The van der Waals surface area contributed by atoms with Crippen molar-refractivity contribution in [2.45, 2.75) is 25.9 Å². The van der Waals surface area contributed by atoms with Crippen LogP contribution in [0, 0.1) is 7.14 Å². The minimum atomic E-state index is -1.30. The fraction of sp³-hybridized carbons (Fsp3) is 0.273. The van der Waals surface area contributed by atoms with Gasteiger partial charge in [0.25, 0.3) is 5.91 Å². The topological polar surface area (TPSA) is 87.1 Å². The van der Waals surface area contributed by atoms with Gasteiger partial charge in [0.05, 0.1) is 7.14 Å². The Labute approximate surface area is 202 Å². The van der Waals surface area contributed by atoms with Crippen molar-refractivity contribution in [1.29, 1.82) is 0 Å². The Kier molecular flexibility index (Phi) is 6.95. The number of aliphatic carboxylic acids is 1. The summed E-state index contributed by atoms with van der Waals surface area (Å²) >= 11 is 4.05. The lowest BCUT2D eigenvalue weighted by molar-refractivity contribution is -0.152. The van der Waals surface area contributed by atoms with Crippen LogP contribution in [-0.4, -0.2) is 45.7 Å². The van der Waals surface area contributed by atoms with E-state index in [0.717, 1.165) is 17.6 Å². The van der Waals surface area contributed by atoms with Crippen molar-refractivity contribution in [2.75, 3.05) is 13.1 Å². The van der Waals surface area contributed by atoms with Crippen molar-refractivity contribution in [3.8, 4) is 11.5 Å². The molecule has 1 aliphatic heterocycles. The summed E-state index contributed by atoms with van der Waals surface area (Å²) in [7, 11) is 0. The second kappa shape index (κ2) is 9.13. The Morgan fingerprint density at radius 1 is 1.10 bits per heavy atom. The second-order valence-corrected chi connectivity index (χ2v) is 9.79. The largest absolute Gasteiger partial charge is 0.506 e. The van der Waals surface area contributed by atoms with Gasteiger partial charge in [-0.25, -0.2) is 4.79 Å².